The van der Waals surface area contributed by atoms with Gasteiger partial charge in [-0.05, 0) is 37.4 Å². The Kier molecular flexibility index (Phi) is 3.51. The Labute approximate surface area is 114 Å². The van der Waals surface area contributed by atoms with Crippen molar-refractivity contribution in [1.82, 2.24) is 4.90 Å². The number of nitrogen functional groups attached to an aromatic ring is 1. The lowest BCUT2D eigenvalue weighted by Gasteiger charge is -2.30. The normalized spacial score (nSPS) is 18.4. The van der Waals surface area contributed by atoms with Gasteiger partial charge >= 0.3 is 0 Å². The summed E-state index contributed by atoms with van der Waals surface area (Å²) in [6, 6.07) is 3.92. The molecule has 1 aliphatic carbocycles. The number of fused-ring (bicyclic) bond motifs is 1. The van der Waals surface area contributed by atoms with Gasteiger partial charge in [-0.2, -0.15) is 0 Å². The van der Waals surface area contributed by atoms with Crippen LogP contribution in [0, 0.1) is 5.92 Å². The van der Waals surface area contributed by atoms with Crippen LogP contribution in [0.15, 0.2) is 12.1 Å². The Morgan fingerprint density at radius 2 is 1.89 bits per heavy atom. The molecule has 2 aliphatic rings. The second kappa shape index (κ2) is 5.29. The quantitative estimate of drug-likeness (QED) is 0.846. The smallest absolute Gasteiger partial charge is 0.163 e. The first-order valence-electron chi connectivity index (χ1n) is 7.09. The van der Waals surface area contributed by atoms with Crippen LogP contribution in [0.2, 0.25) is 0 Å². The largest absolute Gasteiger partial charge is 0.486 e. The molecule has 1 fully saturated rings. The standard InChI is InChI=1S/C15H22N2O2/c1-17(9-11-3-2-4-11)10-12-7-14-15(8-13(12)16)19-6-5-18-14/h7-8,11H,2-6,9-10,16H2,1H3. The van der Waals surface area contributed by atoms with E-state index < -0.39 is 0 Å². The summed E-state index contributed by atoms with van der Waals surface area (Å²) < 4.78 is 11.2. The maximum atomic E-state index is 6.11. The minimum atomic E-state index is 0.605. The van der Waals surface area contributed by atoms with Crippen molar-refractivity contribution in [2.24, 2.45) is 5.92 Å². The molecule has 0 atom stereocenters. The monoisotopic (exact) mass is 262 g/mol. The first-order valence-corrected chi connectivity index (χ1v) is 7.09. The van der Waals surface area contributed by atoms with Gasteiger partial charge in [0.05, 0.1) is 0 Å². The predicted octanol–water partition coefficient (Wildman–Crippen LogP) is 2.27. The molecule has 0 radical (unpaired) electrons. The number of nitrogens with zero attached hydrogens (tertiary/aromatic N) is 1. The number of anilines is 1. The molecule has 3 rings (SSSR count). The summed E-state index contributed by atoms with van der Waals surface area (Å²) in [5, 5.41) is 0. The molecule has 0 amide bonds. The molecule has 1 aromatic rings. The van der Waals surface area contributed by atoms with Crippen molar-refractivity contribution in [1.29, 1.82) is 0 Å². The highest BCUT2D eigenvalue weighted by Gasteiger charge is 2.20. The topological polar surface area (TPSA) is 47.7 Å². The third-order valence-electron chi connectivity index (χ3n) is 4.04. The fourth-order valence-electron chi connectivity index (χ4n) is 2.76. The summed E-state index contributed by atoms with van der Waals surface area (Å²) in [5.41, 5.74) is 8.03. The molecule has 0 aromatic heterocycles. The van der Waals surface area contributed by atoms with E-state index in [1.54, 1.807) is 0 Å². The second-order valence-corrected chi connectivity index (χ2v) is 5.69. The maximum absolute atomic E-state index is 6.11. The van der Waals surface area contributed by atoms with E-state index >= 15 is 0 Å². The molecule has 104 valence electrons. The van der Waals surface area contributed by atoms with Crippen molar-refractivity contribution < 1.29 is 9.47 Å². The Morgan fingerprint density at radius 3 is 2.53 bits per heavy atom. The predicted molar refractivity (Wildman–Crippen MR) is 75.5 cm³/mol. The summed E-state index contributed by atoms with van der Waals surface area (Å²) >= 11 is 0. The van der Waals surface area contributed by atoms with Gasteiger partial charge < -0.3 is 20.1 Å². The first kappa shape index (κ1) is 12.6. The summed E-state index contributed by atoms with van der Waals surface area (Å²) in [6.07, 6.45) is 4.15. The fraction of sp³-hybridized carbons (Fsp3) is 0.600. The Bertz CT molecular complexity index is 458. The van der Waals surface area contributed by atoms with E-state index in [1.165, 1.54) is 19.3 Å². The molecule has 0 bridgehead atoms. The fourth-order valence-corrected chi connectivity index (χ4v) is 2.76. The number of rotatable bonds is 4. The van der Waals surface area contributed by atoms with Gasteiger partial charge in [-0.3, -0.25) is 0 Å². The molecular formula is C15H22N2O2. The van der Waals surface area contributed by atoms with Crippen LogP contribution >= 0.6 is 0 Å². The van der Waals surface area contributed by atoms with Gasteiger partial charge in [0.25, 0.3) is 0 Å². The zero-order chi connectivity index (χ0) is 13.2. The average molecular weight is 262 g/mol. The lowest BCUT2D eigenvalue weighted by atomic mass is 9.85. The molecule has 0 unspecified atom stereocenters. The van der Waals surface area contributed by atoms with Crippen LogP contribution in [-0.4, -0.2) is 31.7 Å². The molecule has 0 saturated heterocycles. The molecular weight excluding hydrogens is 240 g/mol. The lowest BCUT2D eigenvalue weighted by Crippen LogP contribution is -2.29. The highest BCUT2D eigenvalue weighted by atomic mass is 16.6. The number of ether oxygens (including phenoxy) is 2. The number of nitrogens with two attached hydrogens (primary N) is 1. The zero-order valence-electron chi connectivity index (χ0n) is 11.5. The summed E-state index contributed by atoms with van der Waals surface area (Å²) in [7, 11) is 2.16. The van der Waals surface area contributed by atoms with Crippen LogP contribution in [0.5, 0.6) is 11.5 Å². The molecule has 1 aliphatic heterocycles. The van der Waals surface area contributed by atoms with Crippen molar-refractivity contribution in [3.63, 3.8) is 0 Å². The van der Waals surface area contributed by atoms with Crippen LogP contribution < -0.4 is 15.2 Å². The van der Waals surface area contributed by atoms with Gasteiger partial charge in [-0.25, -0.2) is 0 Å². The summed E-state index contributed by atoms with van der Waals surface area (Å²) in [4.78, 5) is 2.35. The molecule has 4 heteroatoms. The van der Waals surface area contributed by atoms with Crippen LogP contribution in [0.4, 0.5) is 5.69 Å². The maximum Gasteiger partial charge on any atom is 0.163 e. The van der Waals surface area contributed by atoms with E-state index in [9.17, 15) is 0 Å². The van der Waals surface area contributed by atoms with Crippen LogP contribution in [0.1, 0.15) is 24.8 Å². The minimum Gasteiger partial charge on any atom is -0.486 e. The number of hydrogen-bond donors (Lipinski definition) is 1. The van der Waals surface area contributed by atoms with Crippen molar-refractivity contribution >= 4 is 5.69 Å². The molecule has 1 saturated carbocycles. The Balaban J connectivity index is 1.69. The van der Waals surface area contributed by atoms with Crippen LogP contribution in [0.3, 0.4) is 0 Å². The molecule has 1 heterocycles. The van der Waals surface area contributed by atoms with E-state index in [-0.39, 0.29) is 0 Å². The number of benzene rings is 1. The first-order chi connectivity index (χ1) is 9.22. The van der Waals surface area contributed by atoms with E-state index in [4.69, 9.17) is 15.2 Å². The van der Waals surface area contributed by atoms with Crippen molar-refractivity contribution in [3.8, 4) is 11.5 Å². The number of hydrogen-bond acceptors (Lipinski definition) is 4. The second-order valence-electron chi connectivity index (χ2n) is 5.69. The Morgan fingerprint density at radius 1 is 1.21 bits per heavy atom. The van der Waals surface area contributed by atoms with E-state index in [0.29, 0.717) is 13.2 Å². The molecule has 4 nitrogen and oxygen atoms in total. The van der Waals surface area contributed by atoms with Crippen LogP contribution in [0.25, 0.3) is 0 Å². The molecule has 0 spiro atoms. The highest BCUT2D eigenvalue weighted by molar-refractivity contribution is 5.58. The molecule has 19 heavy (non-hydrogen) atoms. The SMILES string of the molecule is CN(Cc1cc2c(cc1N)OCCO2)CC1CCC1. The average Bonchev–Trinajstić information content (AvgIpc) is 2.35. The Hall–Kier alpha value is -1.42. The van der Waals surface area contributed by atoms with Crippen molar-refractivity contribution in [3.05, 3.63) is 17.7 Å². The van der Waals surface area contributed by atoms with E-state index in [1.807, 2.05) is 12.1 Å². The van der Waals surface area contributed by atoms with Gasteiger partial charge in [0.15, 0.2) is 11.5 Å². The lowest BCUT2D eigenvalue weighted by molar-refractivity contribution is 0.170. The van der Waals surface area contributed by atoms with E-state index in [0.717, 1.165) is 41.8 Å². The van der Waals surface area contributed by atoms with E-state index in [2.05, 4.69) is 11.9 Å². The van der Waals surface area contributed by atoms with Gasteiger partial charge in [-0.15, -0.1) is 0 Å². The third kappa shape index (κ3) is 2.78. The van der Waals surface area contributed by atoms with Gasteiger partial charge in [-0.1, -0.05) is 6.42 Å². The highest BCUT2D eigenvalue weighted by Crippen LogP contribution is 2.35. The third-order valence-corrected chi connectivity index (χ3v) is 4.04. The van der Waals surface area contributed by atoms with Crippen molar-refractivity contribution in [2.75, 3.05) is 32.5 Å². The van der Waals surface area contributed by atoms with Crippen LogP contribution in [-0.2, 0) is 6.54 Å². The van der Waals surface area contributed by atoms with Crippen molar-refractivity contribution in [2.45, 2.75) is 25.8 Å². The van der Waals surface area contributed by atoms with Gasteiger partial charge in [0.1, 0.15) is 13.2 Å². The van der Waals surface area contributed by atoms with Gasteiger partial charge in [0.2, 0.25) is 0 Å². The molecule has 1 aromatic carbocycles. The van der Waals surface area contributed by atoms with Gasteiger partial charge in [0, 0.05) is 24.8 Å². The minimum absolute atomic E-state index is 0.605. The molecule has 2 N–H and O–H groups in total. The zero-order valence-corrected chi connectivity index (χ0v) is 11.5. The summed E-state index contributed by atoms with van der Waals surface area (Å²) in [5.74, 6) is 2.48. The summed E-state index contributed by atoms with van der Waals surface area (Å²) in [6.45, 7) is 3.26.